The van der Waals surface area contributed by atoms with E-state index < -0.39 is 0 Å². The van der Waals surface area contributed by atoms with Crippen LogP contribution in [-0.2, 0) is 6.54 Å². The molecule has 7 heteroatoms. The average Bonchev–Trinajstić information content (AvgIpc) is 3.00. The molecule has 1 aromatic heterocycles. The number of methoxy groups -OCH3 is 2. The summed E-state index contributed by atoms with van der Waals surface area (Å²) in [6, 6.07) is 10.6. The van der Waals surface area contributed by atoms with Gasteiger partial charge >= 0.3 is 0 Å². The van der Waals surface area contributed by atoms with Crippen molar-refractivity contribution in [3.8, 4) is 11.5 Å². The van der Waals surface area contributed by atoms with E-state index in [0.717, 1.165) is 28.1 Å². The van der Waals surface area contributed by atoms with Crippen LogP contribution in [0, 0.1) is 0 Å². The van der Waals surface area contributed by atoms with Gasteiger partial charge in [0.25, 0.3) is 5.91 Å². The second-order valence-corrected chi connectivity index (χ2v) is 6.97. The van der Waals surface area contributed by atoms with Gasteiger partial charge in [-0.3, -0.25) is 4.79 Å². The first kappa shape index (κ1) is 18.5. The van der Waals surface area contributed by atoms with E-state index in [0.29, 0.717) is 21.9 Å². The molecule has 0 aliphatic rings. The zero-order valence-electron chi connectivity index (χ0n) is 14.8. The lowest BCUT2D eigenvalue weighted by Crippen LogP contribution is -2.17. The van der Waals surface area contributed by atoms with Crippen molar-refractivity contribution in [1.29, 1.82) is 0 Å². The third-order valence-electron chi connectivity index (χ3n) is 3.94. The number of carbonyl (C=O) groups excluding carboxylic acids is 1. The molecule has 3 rings (SSSR count). The number of aromatic nitrogens is 1. The third kappa shape index (κ3) is 3.34. The number of thiazole rings is 1. The predicted molar refractivity (Wildman–Crippen MR) is 105 cm³/mol. The fraction of sp³-hybridized carbons (Fsp3) is 0.263. The summed E-state index contributed by atoms with van der Waals surface area (Å²) < 4.78 is 13.9. The number of aryl methyl sites for hydroxylation is 1. The van der Waals surface area contributed by atoms with Gasteiger partial charge in [0.05, 0.1) is 24.8 Å². The van der Waals surface area contributed by atoms with Crippen molar-refractivity contribution in [1.82, 2.24) is 4.57 Å². The Morgan fingerprint density at radius 3 is 2.50 bits per heavy atom. The maximum Gasteiger partial charge on any atom is 0.281 e. The van der Waals surface area contributed by atoms with Crippen LogP contribution in [0.25, 0.3) is 10.2 Å². The van der Waals surface area contributed by atoms with Crippen LogP contribution in [0.5, 0.6) is 11.5 Å². The fourth-order valence-electron chi connectivity index (χ4n) is 2.75. The molecule has 26 heavy (non-hydrogen) atoms. The van der Waals surface area contributed by atoms with Gasteiger partial charge in [-0.1, -0.05) is 42.0 Å². The van der Waals surface area contributed by atoms with E-state index >= 15 is 0 Å². The van der Waals surface area contributed by atoms with Gasteiger partial charge < -0.3 is 14.0 Å². The van der Waals surface area contributed by atoms with Crippen LogP contribution in [0.4, 0.5) is 0 Å². The van der Waals surface area contributed by atoms with Crippen LogP contribution in [0.1, 0.15) is 23.7 Å². The molecule has 0 atom stereocenters. The Kier molecular flexibility index (Phi) is 5.64. The monoisotopic (exact) mass is 390 g/mol. The van der Waals surface area contributed by atoms with Crippen molar-refractivity contribution in [2.75, 3.05) is 14.2 Å². The molecule has 1 heterocycles. The van der Waals surface area contributed by atoms with Crippen LogP contribution >= 0.6 is 22.9 Å². The molecule has 0 spiro atoms. The molecule has 0 radical (unpaired) electrons. The second kappa shape index (κ2) is 7.93. The Balaban J connectivity index is 2.27. The Labute approximate surface area is 160 Å². The first-order valence-corrected chi connectivity index (χ1v) is 9.38. The average molecular weight is 391 g/mol. The number of nitrogens with zero attached hydrogens (tertiary/aromatic N) is 2. The summed E-state index contributed by atoms with van der Waals surface area (Å²) in [5.74, 6) is 1.07. The van der Waals surface area contributed by atoms with E-state index in [1.54, 1.807) is 38.5 Å². The van der Waals surface area contributed by atoms with Crippen LogP contribution in [0.3, 0.4) is 0 Å². The largest absolute Gasteiger partial charge is 0.495 e. The van der Waals surface area contributed by atoms with Crippen LogP contribution < -0.4 is 14.3 Å². The Hall–Kier alpha value is -2.31. The number of fused-ring (bicyclic) bond motifs is 1. The molecule has 0 bridgehead atoms. The highest BCUT2D eigenvalue weighted by Crippen LogP contribution is 2.35. The Morgan fingerprint density at radius 2 is 1.85 bits per heavy atom. The molecule has 2 aromatic carbocycles. The van der Waals surface area contributed by atoms with Crippen LogP contribution in [0.2, 0.25) is 5.02 Å². The number of carbonyl (C=O) groups is 1. The molecule has 0 aliphatic heterocycles. The molecular weight excluding hydrogens is 372 g/mol. The summed E-state index contributed by atoms with van der Waals surface area (Å²) in [5.41, 5.74) is 1.26. The summed E-state index contributed by atoms with van der Waals surface area (Å²) in [4.78, 5) is 17.6. The van der Waals surface area contributed by atoms with Crippen molar-refractivity contribution >= 4 is 39.1 Å². The minimum absolute atomic E-state index is 0.370. The van der Waals surface area contributed by atoms with Gasteiger partial charge in [0.1, 0.15) is 21.7 Å². The van der Waals surface area contributed by atoms with E-state index in [2.05, 4.69) is 11.9 Å². The van der Waals surface area contributed by atoms with Gasteiger partial charge in [-0.2, -0.15) is 4.99 Å². The maximum absolute atomic E-state index is 12.7. The predicted octanol–water partition coefficient (Wildman–Crippen LogP) is 4.52. The first-order chi connectivity index (χ1) is 12.6. The van der Waals surface area contributed by atoms with Crippen molar-refractivity contribution in [3.63, 3.8) is 0 Å². The van der Waals surface area contributed by atoms with E-state index in [1.165, 1.54) is 11.3 Å². The smallest absolute Gasteiger partial charge is 0.281 e. The molecule has 1 amide bonds. The minimum atomic E-state index is -0.370. The summed E-state index contributed by atoms with van der Waals surface area (Å²) in [6.07, 6.45) is 0.889. The van der Waals surface area contributed by atoms with Gasteiger partial charge in [-0.15, -0.1) is 0 Å². The van der Waals surface area contributed by atoms with Gasteiger partial charge in [0, 0.05) is 6.54 Å². The Bertz CT molecular complexity index is 1020. The number of hydrogen-bond donors (Lipinski definition) is 0. The molecule has 0 saturated carbocycles. The number of rotatable bonds is 5. The standard InChI is InChI=1S/C19H19ClN2O3S/c1-4-11-22-16-14(24-2)9-10-15(25-3)17(16)26-19(22)21-18(23)12-7-5-6-8-13(12)20/h5-10H,4,11H2,1-3H3. The van der Waals surface area contributed by atoms with E-state index in [9.17, 15) is 4.79 Å². The summed E-state index contributed by atoms with van der Waals surface area (Å²) in [7, 11) is 3.25. The number of hydrogen-bond acceptors (Lipinski definition) is 4. The molecule has 0 N–H and O–H groups in total. The first-order valence-electron chi connectivity index (χ1n) is 8.18. The van der Waals surface area contributed by atoms with Crippen LogP contribution in [-0.4, -0.2) is 24.7 Å². The minimum Gasteiger partial charge on any atom is -0.495 e. The number of halogens is 1. The van der Waals surface area contributed by atoms with Gasteiger partial charge in [0.15, 0.2) is 4.80 Å². The lowest BCUT2D eigenvalue weighted by molar-refractivity contribution is 0.0998. The normalized spacial score (nSPS) is 11.8. The van der Waals surface area contributed by atoms with Gasteiger partial charge in [-0.05, 0) is 30.7 Å². The highest BCUT2D eigenvalue weighted by molar-refractivity contribution is 7.16. The second-order valence-electron chi connectivity index (χ2n) is 5.58. The highest BCUT2D eigenvalue weighted by atomic mass is 35.5. The zero-order chi connectivity index (χ0) is 18.7. The molecule has 3 aromatic rings. The van der Waals surface area contributed by atoms with Crippen LogP contribution in [0.15, 0.2) is 41.4 Å². The van der Waals surface area contributed by atoms with E-state index in [1.807, 2.05) is 16.7 Å². The Morgan fingerprint density at radius 1 is 1.15 bits per heavy atom. The van der Waals surface area contributed by atoms with Crippen molar-refractivity contribution < 1.29 is 14.3 Å². The fourth-order valence-corrected chi connectivity index (χ4v) is 4.13. The van der Waals surface area contributed by atoms with E-state index in [-0.39, 0.29) is 5.91 Å². The van der Waals surface area contributed by atoms with Crippen molar-refractivity contribution in [2.24, 2.45) is 4.99 Å². The molecule has 0 unspecified atom stereocenters. The number of amides is 1. The number of benzene rings is 2. The molecule has 0 fully saturated rings. The third-order valence-corrected chi connectivity index (χ3v) is 5.36. The lowest BCUT2D eigenvalue weighted by Gasteiger charge is -2.09. The molecule has 0 aliphatic carbocycles. The molecule has 5 nitrogen and oxygen atoms in total. The SMILES string of the molecule is CCCn1c(=NC(=O)c2ccccc2Cl)sc2c(OC)ccc(OC)c21. The van der Waals surface area contributed by atoms with Crippen molar-refractivity contribution in [2.45, 2.75) is 19.9 Å². The zero-order valence-corrected chi connectivity index (χ0v) is 16.4. The number of ether oxygens (including phenoxy) is 2. The van der Waals surface area contributed by atoms with Gasteiger partial charge in [-0.25, -0.2) is 0 Å². The summed E-state index contributed by atoms with van der Waals surface area (Å²) >= 11 is 7.54. The molecule has 0 saturated heterocycles. The summed E-state index contributed by atoms with van der Waals surface area (Å²) in [6.45, 7) is 2.78. The lowest BCUT2D eigenvalue weighted by atomic mass is 10.2. The quantitative estimate of drug-likeness (QED) is 0.643. The highest BCUT2D eigenvalue weighted by Gasteiger charge is 2.17. The van der Waals surface area contributed by atoms with E-state index in [4.69, 9.17) is 21.1 Å². The summed E-state index contributed by atoms with van der Waals surface area (Å²) in [5, 5.41) is 0.388. The van der Waals surface area contributed by atoms with Gasteiger partial charge in [0.2, 0.25) is 0 Å². The topological polar surface area (TPSA) is 52.8 Å². The maximum atomic E-state index is 12.7. The molecule has 136 valence electrons. The molecular formula is C19H19ClN2O3S. The van der Waals surface area contributed by atoms with Crippen molar-refractivity contribution in [3.05, 3.63) is 51.8 Å².